The second-order valence-electron chi connectivity index (χ2n) is 4.01. The summed E-state index contributed by atoms with van der Waals surface area (Å²) in [5.74, 6) is -0.502. The lowest BCUT2D eigenvalue weighted by molar-refractivity contribution is -0.143. The number of carbonyl (C=O) groups is 3. The van der Waals surface area contributed by atoms with Crippen LogP contribution in [0.3, 0.4) is 0 Å². The molecule has 0 fully saturated rings. The Morgan fingerprint density at radius 1 is 1.05 bits per heavy atom. The van der Waals surface area contributed by atoms with Crippen molar-refractivity contribution in [1.82, 2.24) is 10.6 Å². The normalized spacial score (nSPS) is 10.8. The summed E-state index contributed by atoms with van der Waals surface area (Å²) in [6.45, 7) is 8.79. The first kappa shape index (κ1) is 19.5. The van der Waals surface area contributed by atoms with Gasteiger partial charge in [-0.15, -0.1) is 0 Å². The summed E-state index contributed by atoms with van der Waals surface area (Å²) >= 11 is 0. The zero-order chi connectivity index (χ0) is 16.8. The molecule has 0 radical (unpaired) electrons. The Kier molecular flexibility index (Phi) is 10.9. The molecular formula is C14H22N2O6. The molecule has 0 aromatic carbocycles. The van der Waals surface area contributed by atoms with Gasteiger partial charge in [-0.05, 0) is 6.92 Å². The van der Waals surface area contributed by atoms with E-state index in [1.165, 1.54) is 12.2 Å². The summed E-state index contributed by atoms with van der Waals surface area (Å²) in [6, 6.07) is -0.687. The molecule has 0 aromatic rings. The highest BCUT2D eigenvalue weighted by Crippen LogP contribution is 1.96. The fourth-order valence-corrected chi connectivity index (χ4v) is 1.33. The van der Waals surface area contributed by atoms with Gasteiger partial charge in [0.25, 0.3) is 0 Å². The Morgan fingerprint density at radius 2 is 1.64 bits per heavy atom. The van der Waals surface area contributed by atoms with E-state index in [4.69, 9.17) is 14.2 Å². The first-order valence-corrected chi connectivity index (χ1v) is 6.74. The summed E-state index contributed by atoms with van der Waals surface area (Å²) in [5, 5.41) is 4.87. The van der Waals surface area contributed by atoms with Gasteiger partial charge in [-0.3, -0.25) is 4.79 Å². The van der Waals surface area contributed by atoms with E-state index in [1.54, 1.807) is 6.92 Å². The van der Waals surface area contributed by atoms with Gasteiger partial charge < -0.3 is 24.8 Å². The molecule has 22 heavy (non-hydrogen) atoms. The van der Waals surface area contributed by atoms with Crippen LogP contribution in [-0.4, -0.2) is 50.6 Å². The Bertz CT molecular complexity index is 397. The average Bonchev–Trinajstić information content (AvgIpc) is 2.48. The highest BCUT2D eigenvalue weighted by molar-refractivity contribution is 5.73. The van der Waals surface area contributed by atoms with Crippen molar-refractivity contribution in [1.29, 1.82) is 0 Å². The number of ether oxygens (including phenoxy) is 3. The van der Waals surface area contributed by atoms with Crippen molar-refractivity contribution in [3.05, 3.63) is 25.3 Å². The number of carbonyl (C=O) groups excluding carboxylic acids is 3. The van der Waals surface area contributed by atoms with E-state index in [0.29, 0.717) is 0 Å². The monoisotopic (exact) mass is 314 g/mol. The Labute approximate surface area is 129 Å². The summed E-state index contributed by atoms with van der Waals surface area (Å²) < 4.78 is 14.3. The number of alkyl carbamates (subject to hydrolysis) is 2. The van der Waals surface area contributed by atoms with Crippen molar-refractivity contribution in [2.75, 3.05) is 26.4 Å². The maximum Gasteiger partial charge on any atom is 0.407 e. The number of esters is 1. The number of nitrogens with one attached hydrogen (secondary N) is 2. The van der Waals surface area contributed by atoms with Crippen molar-refractivity contribution in [2.45, 2.75) is 19.4 Å². The van der Waals surface area contributed by atoms with Gasteiger partial charge >= 0.3 is 18.2 Å². The molecule has 0 saturated carbocycles. The SMILES string of the molecule is C=CCOC(=O)NC[C@H](CC(=O)OCC)NC(=O)OCC=C. The summed E-state index contributed by atoms with van der Waals surface area (Å²) in [6.07, 6.45) is 1.30. The van der Waals surface area contributed by atoms with E-state index in [9.17, 15) is 14.4 Å². The van der Waals surface area contributed by atoms with E-state index < -0.39 is 24.2 Å². The van der Waals surface area contributed by atoms with Crippen LogP contribution in [0.2, 0.25) is 0 Å². The largest absolute Gasteiger partial charge is 0.466 e. The van der Waals surface area contributed by atoms with Crippen molar-refractivity contribution < 1.29 is 28.6 Å². The zero-order valence-corrected chi connectivity index (χ0v) is 12.6. The molecule has 0 aliphatic heterocycles. The fourth-order valence-electron chi connectivity index (χ4n) is 1.33. The minimum atomic E-state index is -0.726. The predicted octanol–water partition coefficient (Wildman–Crippen LogP) is 1.13. The molecule has 0 unspecified atom stereocenters. The molecule has 1 atom stereocenters. The molecule has 0 aliphatic rings. The van der Waals surface area contributed by atoms with Gasteiger partial charge in [0.1, 0.15) is 13.2 Å². The molecule has 8 nitrogen and oxygen atoms in total. The second kappa shape index (κ2) is 12.2. The van der Waals surface area contributed by atoms with Crippen molar-refractivity contribution >= 4 is 18.2 Å². The number of hydrogen-bond donors (Lipinski definition) is 2. The average molecular weight is 314 g/mol. The quantitative estimate of drug-likeness (QED) is 0.356. The first-order valence-electron chi connectivity index (χ1n) is 6.74. The van der Waals surface area contributed by atoms with Crippen LogP contribution in [-0.2, 0) is 19.0 Å². The van der Waals surface area contributed by atoms with Gasteiger partial charge in [0.2, 0.25) is 0 Å². The number of amides is 2. The maximum absolute atomic E-state index is 11.5. The van der Waals surface area contributed by atoms with Crippen LogP contribution < -0.4 is 10.6 Å². The lowest BCUT2D eigenvalue weighted by Gasteiger charge is -2.18. The lowest BCUT2D eigenvalue weighted by atomic mass is 10.2. The summed E-state index contributed by atoms with van der Waals surface area (Å²) in [5.41, 5.74) is 0. The van der Waals surface area contributed by atoms with Crippen LogP contribution >= 0.6 is 0 Å². The highest BCUT2D eigenvalue weighted by atomic mass is 16.6. The molecular weight excluding hydrogens is 292 g/mol. The second-order valence-corrected chi connectivity index (χ2v) is 4.01. The molecule has 0 heterocycles. The van der Waals surface area contributed by atoms with Crippen molar-refractivity contribution in [3.63, 3.8) is 0 Å². The van der Waals surface area contributed by atoms with Gasteiger partial charge in [-0.25, -0.2) is 9.59 Å². The standard InChI is InChI=1S/C14H22N2O6/c1-4-7-21-13(18)15-10-11(9-12(17)20-6-3)16-14(19)22-8-5-2/h4-5,11H,1-2,6-10H2,3H3,(H,15,18)(H,16,19)/t11-/m0/s1. The minimum Gasteiger partial charge on any atom is -0.466 e. The van der Waals surface area contributed by atoms with Gasteiger partial charge in [0.15, 0.2) is 0 Å². The molecule has 0 bridgehead atoms. The van der Waals surface area contributed by atoms with Crippen molar-refractivity contribution in [3.8, 4) is 0 Å². The molecule has 0 rings (SSSR count). The Morgan fingerprint density at radius 3 is 2.18 bits per heavy atom. The van der Waals surface area contributed by atoms with E-state index in [1.807, 2.05) is 0 Å². The summed E-state index contributed by atoms with van der Waals surface area (Å²) in [4.78, 5) is 34.3. The molecule has 0 aliphatic carbocycles. The molecule has 2 N–H and O–H groups in total. The topological polar surface area (TPSA) is 103 Å². The Balaban J connectivity index is 4.40. The molecule has 8 heteroatoms. The van der Waals surface area contributed by atoms with Crippen LogP contribution in [0, 0.1) is 0 Å². The minimum absolute atomic E-state index is 0.0159. The highest BCUT2D eigenvalue weighted by Gasteiger charge is 2.19. The fraction of sp³-hybridized carbons (Fsp3) is 0.500. The van der Waals surface area contributed by atoms with E-state index in [-0.39, 0.29) is 32.8 Å². The van der Waals surface area contributed by atoms with Crippen LogP contribution in [0.5, 0.6) is 0 Å². The van der Waals surface area contributed by atoms with Crippen LogP contribution in [0.1, 0.15) is 13.3 Å². The van der Waals surface area contributed by atoms with Crippen LogP contribution in [0.25, 0.3) is 0 Å². The molecule has 2 amide bonds. The van der Waals surface area contributed by atoms with Crippen molar-refractivity contribution in [2.24, 2.45) is 0 Å². The molecule has 124 valence electrons. The lowest BCUT2D eigenvalue weighted by Crippen LogP contribution is -2.45. The van der Waals surface area contributed by atoms with Gasteiger partial charge in [0.05, 0.1) is 19.1 Å². The Hall–Kier alpha value is -2.51. The molecule has 0 spiro atoms. The molecule has 0 aromatic heterocycles. The number of hydrogen-bond acceptors (Lipinski definition) is 6. The van der Waals surface area contributed by atoms with E-state index in [2.05, 4.69) is 23.8 Å². The maximum atomic E-state index is 11.5. The third kappa shape index (κ3) is 10.3. The smallest absolute Gasteiger partial charge is 0.407 e. The van der Waals surface area contributed by atoms with Crippen LogP contribution in [0.4, 0.5) is 9.59 Å². The first-order chi connectivity index (χ1) is 10.5. The third-order valence-corrected chi connectivity index (χ3v) is 2.20. The van der Waals surface area contributed by atoms with Gasteiger partial charge in [-0.2, -0.15) is 0 Å². The zero-order valence-electron chi connectivity index (χ0n) is 12.6. The van der Waals surface area contributed by atoms with E-state index in [0.717, 1.165) is 0 Å². The number of rotatable bonds is 10. The van der Waals surface area contributed by atoms with Crippen LogP contribution in [0.15, 0.2) is 25.3 Å². The van der Waals surface area contributed by atoms with Gasteiger partial charge in [-0.1, -0.05) is 25.3 Å². The third-order valence-electron chi connectivity index (χ3n) is 2.20. The molecule has 0 saturated heterocycles. The van der Waals surface area contributed by atoms with E-state index >= 15 is 0 Å². The summed E-state index contributed by atoms with van der Waals surface area (Å²) in [7, 11) is 0. The predicted molar refractivity (Wildman–Crippen MR) is 79.3 cm³/mol. The van der Waals surface area contributed by atoms with Gasteiger partial charge in [0, 0.05) is 6.54 Å².